The molecule has 1 N–H and O–H groups in total. The Morgan fingerprint density at radius 1 is 1.33 bits per heavy atom. The predicted octanol–water partition coefficient (Wildman–Crippen LogP) is 4.37. The van der Waals surface area contributed by atoms with Crippen LogP contribution in [0.15, 0.2) is 17.0 Å². The van der Waals surface area contributed by atoms with E-state index in [9.17, 15) is 10.1 Å². The van der Waals surface area contributed by atoms with Gasteiger partial charge in [0.1, 0.15) is 0 Å². The Morgan fingerprint density at radius 3 is 2.71 bits per heavy atom. The maximum Gasteiger partial charge on any atom is 0.324 e. The quantitative estimate of drug-likeness (QED) is 0.627. The first-order valence-electron chi connectivity index (χ1n) is 7.89. The second-order valence-corrected chi connectivity index (χ2v) is 7.07. The van der Waals surface area contributed by atoms with Crippen molar-refractivity contribution in [3.63, 3.8) is 0 Å². The van der Waals surface area contributed by atoms with Gasteiger partial charge in [-0.05, 0) is 37.2 Å². The second kappa shape index (κ2) is 6.71. The molecule has 2 aliphatic carbocycles. The topological polar surface area (TPSA) is 55.2 Å². The smallest absolute Gasteiger partial charge is 0.310 e. The third kappa shape index (κ3) is 4.14. The van der Waals surface area contributed by atoms with Crippen molar-refractivity contribution < 1.29 is 4.92 Å². The van der Waals surface area contributed by atoms with E-state index in [1.165, 1.54) is 61.9 Å². The molecule has 0 bridgehead atoms. The zero-order valence-electron chi connectivity index (χ0n) is 12.2. The fourth-order valence-electron chi connectivity index (χ4n) is 3.06. The molecule has 1 aromatic heterocycles. The van der Waals surface area contributed by atoms with Crippen LogP contribution >= 0.6 is 11.3 Å². The molecule has 0 atom stereocenters. The molecule has 0 spiro atoms. The molecule has 1 aromatic rings. The molecular weight excluding hydrogens is 284 g/mol. The van der Waals surface area contributed by atoms with Gasteiger partial charge in [0.25, 0.3) is 0 Å². The molecule has 21 heavy (non-hydrogen) atoms. The first-order valence-corrected chi connectivity index (χ1v) is 8.77. The zero-order valence-corrected chi connectivity index (χ0v) is 13.0. The van der Waals surface area contributed by atoms with E-state index in [2.05, 4.69) is 11.4 Å². The molecule has 5 heteroatoms. The van der Waals surface area contributed by atoms with Gasteiger partial charge in [-0.3, -0.25) is 10.1 Å². The van der Waals surface area contributed by atoms with Gasteiger partial charge in [0.05, 0.1) is 4.92 Å². The predicted molar refractivity (Wildman–Crippen MR) is 86.6 cm³/mol. The van der Waals surface area contributed by atoms with Gasteiger partial charge in [-0.1, -0.05) is 42.2 Å². The SMILES string of the molecule is O=[N+]([O-])c1cc(/C=C(/CNC2CC2)C2CCCCC2)cs1. The number of hydrogen-bond acceptors (Lipinski definition) is 4. The summed E-state index contributed by atoms with van der Waals surface area (Å²) in [5.41, 5.74) is 2.43. The molecule has 0 saturated heterocycles. The minimum Gasteiger partial charge on any atom is -0.310 e. The largest absolute Gasteiger partial charge is 0.324 e. The van der Waals surface area contributed by atoms with Crippen LogP contribution in [0, 0.1) is 16.0 Å². The minimum atomic E-state index is -0.301. The van der Waals surface area contributed by atoms with E-state index in [0.29, 0.717) is 12.0 Å². The molecule has 1 heterocycles. The minimum absolute atomic E-state index is 0.236. The first kappa shape index (κ1) is 14.7. The number of nitrogens with zero attached hydrogens (tertiary/aromatic N) is 1. The molecule has 114 valence electrons. The van der Waals surface area contributed by atoms with Crippen molar-refractivity contribution in [2.24, 2.45) is 5.92 Å². The van der Waals surface area contributed by atoms with Crippen molar-refractivity contribution >= 4 is 22.4 Å². The molecular formula is C16H22N2O2S. The highest BCUT2D eigenvalue weighted by atomic mass is 32.1. The van der Waals surface area contributed by atoms with Gasteiger partial charge in [-0.2, -0.15) is 0 Å². The van der Waals surface area contributed by atoms with E-state index in [0.717, 1.165) is 12.1 Å². The standard InChI is InChI=1S/C16H22N2O2S/c19-18(20)16-9-12(11-21-16)8-14(10-17-15-6-7-15)13-4-2-1-3-5-13/h8-9,11,13,15,17H,1-7,10H2/b14-8-. The maximum absolute atomic E-state index is 10.8. The number of nitro groups is 1. The van der Waals surface area contributed by atoms with E-state index < -0.39 is 0 Å². The van der Waals surface area contributed by atoms with Crippen LogP contribution in [-0.2, 0) is 0 Å². The van der Waals surface area contributed by atoms with Gasteiger partial charge in [-0.15, -0.1) is 0 Å². The number of hydrogen-bond donors (Lipinski definition) is 1. The molecule has 2 saturated carbocycles. The van der Waals surface area contributed by atoms with Crippen LogP contribution in [-0.4, -0.2) is 17.5 Å². The van der Waals surface area contributed by atoms with Crippen LogP contribution in [0.3, 0.4) is 0 Å². The lowest BCUT2D eigenvalue weighted by Gasteiger charge is -2.25. The lowest BCUT2D eigenvalue weighted by molar-refractivity contribution is -0.380. The van der Waals surface area contributed by atoms with Crippen molar-refractivity contribution in [3.05, 3.63) is 32.7 Å². The Kier molecular flexibility index (Phi) is 4.70. The second-order valence-electron chi connectivity index (χ2n) is 6.18. The van der Waals surface area contributed by atoms with Crippen molar-refractivity contribution in [1.29, 1.82) is 0 Å². The number of thiophene rings is 1. The van der Waals surface area contributed by atoms with Crippen LogP contribution in [0.4, 0.5) is 5.00 Å². The average Bonchev–Trinajstić information content (AvgIpc) is 3.20. The van der Waals surface area contributed by atoms with E-state index in [1.54, 1.807) is 6.07 Å². The van der Waals surface area contributed by atoms with Gasteiger partial charge < -0.3 is 5.32 Å². The molecule has 3 rings (SSSR count). The van der Waals surface area contributed by atoms with Crippen molar-refractivity contribution in [3.8, 4) is 0 Å². The summed E-state index contributed by atoms with van der Waals surface area (Å²) >= 11 is 1.22. The van der Waals surface area contributed by atoms with Gasteiger partial charge in [0.15, 0.2) is 0 Å². The lowest BCUT2D eigenvalue weighted by Crippen LogP contribution is -2.23. The number of rotatable bonds is 6. The van der Waals surface area contributed by atoms with E-state index in [-0.39, 0.29) is 9.92 Å². The van der Waals surface area contributed by atoms with Crippen LogP contribution in [0.5, 0.6) is 0 Å². The average molecular weight is 306 g/mol. The molecule has 0 unspecified atom stereocenters. The van der Waals surface area contributed by atoms with Gasteiger partial charge in [-0.25, -0.2) is 0 Å². The first-order chi connectivity index (χ1) is 10.2. The summed E-state index contributed by atoms with van der Waals surface area (Å²) in [6.07, 6.45) is 11.3. The maximum atomic E-state index is 10.8. The monoisotopic (exact) mass is 306 g/mol. The van der Waals surface area contributed by atoms with Crippen LogP contribution in [0.2, 0.25) is 0 Å². The van der Waals surface area contributed by atoms with E-state index in [4.69, 9.17) is 0 Å². The van der Waals surface area contributed by atoms with E-state index >= 15 is 0 Å². The Labute approximate surface area is 129 Å². The lowest BCUT2D eigenvalue weighted by atomic mass is 9.83. The van der Waals surface area contributed by atoms with Crippen molar-refractivity contribution in [2.45, 2.75) is 51.0 Å². The Bertz CT molecular complexity index is 528. The summed E-state index contributed by atoms with van der Waals surface area (Å²) in [7, 11) is 0. The Morgan fingerprint density at radius 2 is 2.10 bits per heavy atom. The van der Waals surface area contributed by atoms with Gasteiger partial charge >= 0.3 is 5.00 Å². The summed E-state index contributed by atoms with van der Waals surface area (Å²) in [6.45, 7) is 0.943. The third-order valence-electron chi connectivity index (χ3n) is 4.44. The van der Waals surface area contributed by atoms with Crippen LogP contribution < -0.4 is 5.32 Å². The molecule has 4 nitrogen and oxygen atoms in total. The molecule has 0 aromatic carbocycles. The van der Waals surface area contributed by atoms with Crippen LogP contribution in [0.1, 0.15) is 50.5 Å². The highest BCUT2D eigenvalue weighted by molar-refractivity contribution is 7.13. The summed E-state index contributed by atoms with van der Waals surface area (Å²) in [6, 6.07) is 2.40. The summed E-state index contributed by atoms with van der Waals surface area (Å²) in [5, 5.41) is 16.5. The summed E-state index contributed by atoms with van der Waals surface area (Å²) in [5.74, 6) is 0.656. The highest BCUT2D eigenvalue weighted by Crippen LogP contribution is 2.32. The Balaban J connectivity index is 1.74. The number of nitrogens with one attached hydrogen (secondary N) is 1. The molecule has 0 amide bonds. The fraction of sp³-hybridized carbons (Fsp3) is 0.625. The molecule has 2 fully saturated rings. The highest BCUT2D eigenvalue weighted by Gasteiger charge is 2.23. The molecule has 0 radical (unpaired) electrons. The van der Waals surface area contributed by atoms with Gasteiger partial charge in [0.2, 0.25) is 0 Å². The van der Waals surface area contributed by atoms with Crippen LogP contribution in [0.25, 0.3) is 6.08 Å². The van der Waals surface area contributed by atoms with Crippen molar-refractivity contribution in [1.82, 2.24) is 5.32 Å². The Hall–Kier alpha value is -1.20. The summed E-state index contributed by atoms with van der Waals surface area (Å²) < 4.78 is 0. The van der Waals surface area contributed by atoms with Gasteiger partial charge in [0, 0.05) is 24.0 Å². The zero-order chi connectivity index (χ0) is 14.7. The molecule has 2 aliphatic rings. The van der Waals surface area contributed by atoms with E-state index in [1.807, 2.05) is 5.38 Å². The summed E-state index contributed by atoms with van der Waals surface area (Å²) in [4.78, 5) is 10.5. The van der Waals surface area contributed by atoms with Crippen molar-refractivity contribution in [2.75, 3.05) is 6.54 Å². The fourth-order valence-corrected chi connectivity index (χ4v) is 3.74. The third-order valence-corrected chi connectivity index (χ3v) is 5.34. The molecule has 0 aliphatic heterocycles. The normalized spacial score (nSPS) is 20.7.